The first-order valence-corrected chi connectivity index (χ1v) is 9.27. The zero-order valence-electron chi connectivity index (χ0n) is 14.4. The van der Waals surface area contributed by atoms with Crippen molar-refractivity contribution in [2.45, 2.75) is 52.4 Å². The predicted molar refractivity (Wildman–Crippen MR) is 86.5 cm³/mol. The molecule has 22 heavy (non-hydrogen) atoms. The highest BCUT2D eigenvalue weighted by molar-refractivity contribution is 7.84. The molecule has 1 unspecified atom stereocenters. The van der Waals surface area contributed by atoms with E-state index in [0.717, 1.165) is 13.5 Å². The molecule has 1 N–H and O–H groups in total. The standard InChI is InChI=1S/C7H12.C6H12O2.C2H7NO3S/c1-2-7-4-3-6(1)5-7;1-4-5(2)6(7)8-3;1-3-7(4,5)6-2/h6-7H,1-5H2;5H,4H2,1-3H3;3H,1-2H3. The van der Waals surface area contributed by atoms with Crippen LogP contribution >= 0.6 is 0 Å². The average molecular weight is 337 g/mol. The number of hydrogen-bond acceptors (Lipinski definition) is 5. The quantitative estimate of drug-likeness (QED) is 0.797. The Bertz CT molecular complexity index is 382. The Balaban J connectivity index is 0.000000301. The normalized spacial score (nSPS) is 23.7. The molecule has 1 atom stereocenters. The summed E-state index contributed by atoms with van der Waals surface area (Å²) in [5.41, 5.74) is 0. The van der Waals surface area contributed by atoms with Crippen molar-refractivity contribution in [3.63, 3.8) is 0 Å². The van der Waals surface area contributed by atoms with E-state index in [1.54, 1.807) is 32.1 Å². The van der Waals surface area contributed by atoms with Gasteiger partial charge in [0, 0.05) is 7.05 Å². The molecule has 0 spiro atoms. The van der Waals surface area contributed by atoms with Gasteiger partial charge in [0.05, 0.1) is 20.1 Å². The summed E-state index contributed by atoms with van der Waals surface area (Å²) in [5, 5.41) is 0. The fourth-order valence-electron chi connectivity index (χ4n) is 2.63. The maximum absolute atomic E-state index is 10.5. The topological polar surface area (TPSA) is 81.7 Å². The van der Waals surface area contributed by atoms with Crippen LogP contribution in [0.2, 0.25) is 0 Å². The first kappa shape index (κ1) is 21.3. The van der Waals surface area contributed by atoms with E-state index in [4.69, 9.17) is 0 Å². The molecule has 0 heterocycles. The van der Waals surface area contributed by atoms with Crippen molar-refractivity contribution in [1.82, 2.24) is 4.72 Å². The summed E-state index contributed by atoms with van der Waals surface area (Å²) in [6, 6.07) is 0. The summed E-state index contributed by atoms with van der Waals surface area (Å²) >= 11 is 0. The molecule has 2 bridgehead atoms. The molecule has 0 aromatic heterocycles. The molecule has 0 aromatic rings. The third kappa shape index (κ3) is 8.70. The highest BCUT2D eigenvalue weighted by Gasteiger charge is 2.30. The van der Waals surface area contributed by atoms with E-state index in [9.17, 15) is 13.2 Å². The number of fused-ring (bicyclic) bond motifs is 2. The maximum Gasteiger partial charge on any atom is 0.335 e. The molecule has 0 radical (unpaired) electrons. The molecule has 0 aliphatic heterocycles. The molecule has 2 rings (SSSR count). The minimum atomic E-state index is -3.41. The number of esters is 1. The molecule has 0 aromatic carbocycles. The number of rotatable bonds is 4. The Kier molecular flexibility index (Phi) is 10.6. The Labute approximate surface area is 135 Å². The van der Waals surface area contributed by atoms with Crippen LogP contribution in [0, 0.1) is 17.8 Å². The van der Waals surface area contributed by atoms with Crippen molar-refractivity contribution in [2.75, 3.05) is 21.3 Å². The van der Waals surface area contributed by atoms with E-state index in [1.807, 2.05) is 18.6 Å². The summed E-state index contributed by atoms with van der Waals surface area (Å²) in [4.78, 5) is 10.5. The van der Waals surface area contributed by atoms with Gasteiger partial charge in [-0.25, -0.2) is 0 Å². The van der Waals surface area contributed by atoms with Gasteiger partial charge in [0.1, 0.15) is 0 Å². The third-order valence-corrected chi connectivity index (χ3v) is 5.26. The van der Waals surface area contributed by atoms with Crippen LogP contribution in [0.3, 0.4) is 0 Å². The predicted octanol–water partition coefficient (Wildman–Crippen LogP) is 2.50. The number of ether oxygens (including phenoxy) is 1. The fourth-order valence-corrected chi connectivity index (χ4v) is 2.79. The van der Waals surface area contributed by atoms with E-state index in [-0.39, 0.29) is 11.9 Å². The zero-order valence-corrected chi connectivity index (χ0v) is 15.2. The van der Waals surface area contributed by atoms with E-state index in [0.29, 0.717) is 0 Å². The van der Waals surface area contributed by atoms with Crippen molar-refractivity contribution in [3.8, 4) is 0 Å². The van der Waals surface area contributed by atoms with Crippen LogP contribution in [0.15, 0.2) is 0 Å². The van der Waals surface area contributed by atoms with E-state index >= 15 is 0 Å². The highest BCUT2D eigenvalue weighted by atomic mass is 32.2. The lowest BCUT2D eigenvalue weighted by Gasteiger charge is -2.05. The van der Waals surface area contributed by atoms with Gasteiger partial charge in [-0.2, -0.15) is 13.1 Å². The van der Waals surface area contributed by atoms with Crippen molar-refractivity contribution in [1.29, 1.82) is 0 Å². The molecular formula is C15H31NO5S. The monoisotopic (exact) mass is 337 g/mol. The molecule has 2 fully saturated rings. The molecule has 6 nitrogen and oxygen atoms in total. The molecule has 132 valence electrons. The van der Waals surface area contributed by atoms with E-state index in [2.05, 4.69) is 8.92 Å². The minimum absolute atomic E-state index is 0.0556. The van der Waals surface area contributed by atoms with E-state index < -0.39 is 10.3 Å². The van der Waals surface area contributed by atoms with Gasteiger partial charge in [0.2, 0.25) is 0 Å². The van der Waals surface area contributed by atoms with Crippen LogP contribution < -0.4 is 4.72 Å². The minimum Gasteiger partial charge on any atom is -0.469 e. The Morgan fingerprint density at radius 1 is 1.18 bits per heavy atom. The number of methoxy groups -OCH3 is 1. The third-order valence-electron chi connectivity index (χ3n) is 4.32. The number of carbonyl (C=O) groups is 1. The first-order chi connectivity index (χ1) is 10.3. The lowest BCUT2D eigenvalue weighted by atomic mass is 10.0. The smallest absolute Gasteiger partial charge is 0.335 e. The second-order valence-electron chi connectivity index (χ2n) is 5.78. The molecule has 2 saturated carbocycles. The second-order valence-corrected chi connectivity index (χ2v) is 7.43. The number of nitrogens with one attached hydrogen (secondary N) is 1. The number of carbonyl (C=O) groups excluding carboxylic acids is 1. The van der Waals surface area contributed by atoms with Gasteiger partial charge >= 0.3 is 16.3 Å². The van der Waals surface area contributed by atoms with Crippen molar-refractivity contribution >= 4 is 16.3 Å². The Morgan fingerprint density at radius 2 is 1.64 bits per heavy atom. The van der Waals surface area contributed by atoms with Crippen LogP contribution in [-0.2, 0) is 24.0 Å². The van der Waals surface area contributed by atoms with Gasteiger partial charge in [-0.15, -0.1) is 0 Å². The van der Waals surface area contributed by atoms with Crippen molar-refractivity contribution in [3.05, 3.63) is 0 Å². The van der Waals surface area contributed by atoms with Gasteiger partial charge < -0.3 is 4.74 Å². The summed E-state index contributed by atoms with van der Waals surface area (Å²) in [5.74, 6) is 2.28. The van der Waals surface area contributed by atoms with Crippen LogP contribution in [0.1, 0.15) is 52.4 Å². The van der Waals surface area contributed by atoms with E-state index in [1.165, 1.54) is 26.0 Å². The van der Waals surface area contributed by atoms with Gasteiger partial charge in [-0.1, -0.05) is 39.5 Å². The SMILES string of the molecule is C1CC2CCC1C2.CCC(C)C(=O)OC.CNS(=O)(=O)OC. The molecule has 0 saturated heterocycles. The average Bonchev–Trinajstić information content (AvgIpc) is 3.20. The summed E-state index contributed by atoms with van der Waals surface area (Å²) < 4.78 is 30.4. The molecular weight excluding hydrogens is 306 g/mol. The maximum atomic E-state index is 10.5. The second kappa shape index (κ2) is 11.0. The number of hydrogen-bond donors (Lipinski definition) is 1. The Hall–Kier alpha value is -0.660. The fraction of sp³-hybridized carbons (Fsp3) is 0.933. The lowest BCUT2D eigenvalue weighted by molar-refractivity contribution is -0.144. The van der Waals surface area contributed by atoms with Crippen molar-refractivity contribution < 1.29 is 22.1 Å². The molecule has 2 aliphatic rings. The largest absolute Gasteiger partial charge is 0.469 e. The highest BCUT2D eigenvalue weighted by Crippen LogP contribution is 2.43. The Morgan fingerprint density at radius 3 is 1.73 bits per heavy atom. The first-order valence-electron chi connectivity index (χ1n) is 7.86. The zero-order chi connectivity index (χ0) is 17.2. The molecule has 2 aliphatic carbocycles. The van der Waals surface area contributed by atoms with Crippen molar-refractivity contribution in [2.24, 2.45) is 17.8 Å². The summed E-state index contributed by atoms with van der Waals surface area (Å²) in [6.07, 6.45) is 8.68. The summed E-state index contributed by atoms with van der Waals surface area (Å²) in [6.45, 7) is 3.81. The van der Waals surface area contributed by atoms with Gasteiger partial charge in [-0.05, 0) is 24.7 Å². The lowest BCUT2D eigenvalue weighted by Crippen LogP contribution is -2.19. The van der Waals surface area contributed by atoms with Gasteiger partial charge in [0.15, 0.2) is 0 Å². The van der Waals surface area contributed by atoms with Crippen LogP contribution in [0.5, 0.6) is 0 Å². The van der Waals surface area contributed by atoms with Gasteiger partial charge in [0.25, 0.3) is 0 Å². The molecule has 7 heteroatoms. The van der Waals surface area contributed by atoms with Gasteiger partial charge in [-0.3, -0.25) is 8.98 Å². The van der Waals surface area contributed by atoms with Crippen LogP contribution in [-0.4, -0.2) is 35.7 Å². The van der Waals surface area contributed by atoms with Crippen LogP contribution in [0.25, 0.3) is 0 Å². The van der Waals surface area contributed by atoms with Crippen LogP contribution in [0.4, 0.5) is 0 Å². The summed E-state index contributed by atoms with van der Waals surface area (Å²) in [7, 11) is 0.370. The molecule has 0 amide bonds.